The van der Waals surface area contributed by atoms with E-state index in [9.17, 15) is 0 Å². The average Bonchev–Trinajstić information content (AvgIpc) is 3.35. The summed E-state index contributed by atoms with van der Waals surface area (Å²) in [6, 6.07) is 2.19. The summed E-state index contributed by atoms with van der Waals surface area (Å²) >= 11 is 0. The SMILES string of the molecule is CC1CCN2C(N1)NC1CCC(C(C)CCC3CCN(CC4CCCCC4)C3)CC12. The van der Waals surface area contributed by atoms with Gasteiger partial charge in [-0.3, -0.25) is 15.5 Å². The highest BCUT2D eigenvalue weighted by molar-refractivity contribution is 5.01. The zero-order chi connectivity index (χ0) is 20.5. The number of rotatable bonds is 6. The van der Waals surface area contributed by atoms with Gasteiger partial charge < -0.3 is 4.90 Å². The van der Waals surface area contributed by atoms with E-state index in [4.69, 9.17) is 0 Å². The summed E-state index contributed by atoms with van der Waals surface area (Å²) in [6.45, 7) is 10.4. The van der Waals surface area contributed by atoms with Crippen molar-refractivity contribution in [1.82, 2.24) is 20.4 Å². The van der Waals surface area contributed by atoms with Crippen molar-refractivity contribution < 1.29 is 0 Å². The molecule has 5 rings (SSSR count). The Bertz CT molecular complexity index is 547. The van der Waals surface area contributed by atoms with Gasteiger partial charge in [-0.15, -0.1) is 0 Å². The number of nitrogens with one attached hydrogen (secondary N) is 2. The maximum absolute atomic E-state index is 3.91. The first-order valence-electron chi connectivity index (χ1n) is 13.7. The molecule has 30 heavy (non-hydrogen) atoms. The van der Waals surface area contributed by atoms with Crippen LogP contribution in [0, 0.1) is 23.7 Å². The summed E-state index contributed by atoms with van der Waals surface area (Å²) in [4.78, 5) is 5.59. The summed E-state index contributed by atoms with van der Waals surface area (Å²) < 4.78 is 0. The fourth-order valence-corrected chi connectivity index (χ4v) is 7.66. The zero-order valence-electron chi connectivity index (χ0n) is 19.8. The molecule has 3 aliphatic heterocycles. The normalized spacial score (nSPS) is 42.2. The predicted molar refractivity (Wildman–Crippen MR) is 125 cm³/mol. The van der Waals surface area contributed by atoms with Crippen molar-refractivity contribution in [2.45, 2.75) is 115 Å². The molecule has 2 N–H and O–H groups in total. The van der Waals surface area contributed by atoms with Crippen LogP contribution in [0.25, 0.3) is 0 Å². The Morgan fingerprint density at radius 3 is 2.63 bits per heavy atom. The van der Waals surface area contributed by atoms with E-state index in [1.807, 2.05) is 0 Å². The Morgan fingerprint density at radius 2 is 1.77 bits per heavy atom. The van der Waals surface area contributed by atoms with Crippen LogP contribution in [-0.2, 0) is 0 Å². The lowest BCUT2D eigenvalue weighted by Gasteiger charge is -2.41. The van der Waals surface area contributed by atoms with Crippen LogP contribution in [0.4, 0.5) is 0 Å². The van der Waals surface area contributed by atoms with Gasteiger partial charge in [-0.2, -0.15) is 0 Å². The lowest BCUT2D eigenvalue weighted by molar-refractivity contribution is 0.0755. The molecule has 7 unspecified atom stereocenters. The Kier molecular flexibility index (Phi) is 7.06. The molecule has 5 fully saturated rings. The standard InChI is InChI=1S/C26H48N4/c1-19(8-9-22-13-14-29(18-22)17-21-6-4-3-5-7-21)23-10-11-24-25(16-23)30-15-12-20(2)27-26(30)28-24/h19-28H,3-18H2,1-2H3. The monoisotopic (exact) mass is 416 g/mol. The van der Waals surface area contributed by atoms with Crippen molar-refractivity contribution in [2.75, 3.05) is 26.2 Å². The lowest BCUT2D eigenvalue weighted by atomic mass is 9.74. The van der Waals surface area contributed by atoms with E-state index in [-0.39, 0.29) is 0 Å². The van der Waals surface area contributed by atoms with Gasteiger partial charge in [-0.05, 0) is 88.5 Å². The molecule has 0 amide bonds. The van der Waals surface area contributed by atoms with E-state index in [2.05, 4.69) is 34.3 Å². The molecule has 0 aromatic heterocycles. The predicted octanol–water partition coefficient (Wildman–Crippen LogP) is 4.41. The zero-order valence-corrected chi connectivity index (χ0v) is 19.8. The lowest BCUT2D eigenvalue weighted by Crippen LogP contribution is -2.57. The van der Waals surface area contributed by atoms with Crippen LogP contribution in [0.3, 0.4) is 0 Å². The second kappa shape index (κ2) is 9.77. The first-order valence-corrected chi connectivity index (χ1v) is 13.7. The number of likely N-dealkylation sites (tertiary alicyclic amines) is 1. The van der Waals surface area contributed by atoms with Crippen molar-refractivity contribution in [1.29, 1.82) is 0 Å². The van der Waals surface area contributed by atoms with Crippen LogP contribution in [0.1, 0.15) is 90.9 Å². The molecule has 2 saturated carbocycles. The summed E-state index contributed by atoms with van der Waals surface area (Å²) in [5, 5.41) is 7.69. The molecule has 0 bridgehead atoms. The molecule has 0 aromatic carbocycles. The summed E-state index contributed by atoms with van der Waals surface area (Å²) in [6.07, 6.45) is 17.9. The molecule has 4 nitrogen and oxygen atoms in total. The quantitative estimate of drug-likeness (QED) is 0.671. The van der Waals surface area contributed by atoms with E-state index in [0.717, 1.165) is 35.8 Å². The van der Waals surface area contributed by atoms with Crippen molar-refractivity contribution in [2.24, 2.45) is 23.7 Å². The highest BCUT2D eigenvalue weighted by Gasteiger charge is 2.46. The summed E-state index contributed by atoms with van der Waals surface area (Å²) in [5.41, 5.74) is 0. The van der Waals surface area contributed by atoms with Gasteiger partial charge in [0.1, 0.15) is 6.29 Å². The highest BCUT2D eigenvalue weighted by atomic mass is 15.5. The third-order valence-electron chi connectivity index (χ3n) is 9.70. The average molecular weight is 417 g/mol. The number of hydrogen-bond acceptors (Lipinski definition) is 4. The molecule has 0 aromatic rings. The molecule has 5 aliphatic rings. The van der Waals surface area contributed by atoms with E-state index in [1.54, 1.807) is 0 Å². The van der Waals surface area contributed by atoms with Gasteiger partial charge in [0.05, 0.1) is 0 Å². The summed E-state index contributed by atoms with van der Waals surface area (Å²) in [7, 11) is 0. The number of fused-ring (bicyclic) bond motifs is 3. The van der Waals surface area contributed by atoms with Gasteiger partial charge in [0, 0.05) is 37.8 Å². The topological polar surface area (TPSA) is 30.5 Å². The Balaban J connectivity index is 1.05. The molecular weight excluding hydrogens is 368 g/mol. The van der Waals surface area contributed by atoms with Crippen LogP contribution in [0.5, 0.6) is 0 Å². The van der Waals surface area contributed by atoms with Crippen LogP contribution in [-0.4, -0.2) is 60.4 Å². The van der Waals surface area contributed by atoms with Crippen molar-refractivity contribution >= 4 is 0 Å². The minimum atomic E-state index is 0.450. The molecule has 2 aliphatic carbocycles. The number of hydrogen-bond donors (Lipinski definition) is 2. The molecule has 3 saturated heterocycles. The summed E-state index contributed by atoms with van der Waals surface area (Å²) in [5.74, 6) is 3.86. The highest BCUT2D eigenvalue weighted by Crippen LogP contribution is 2.39. The van der Waals surface area contributed by atoms with E-state index in [0.29, 0.717) is 12.3 Å². The second-order valence-electron chi connectivity index (χ2n) is 11.9. The Morgan fingerprint density at radius 1 is 0.900 bits per heavy atom. The molecule has 3 heterocycles. The molecular formula is C26H48N4. The number of nitrogens with zero attached hydrogens (tertiary/aromatic N) is 2. The maximum atomic E-state index is 3.91. The fourth-order valence-electron chi connectivity index (χ4n) is 7.66. The third-order valence-corrected chi connectivity index (χ3v) is 9.70. The fraction of sp³-hybridized carbons (Fsp3) is 1.00. The van der Waals surface area contributed by atoms with Crippen LogP contribution >= 0.6 is 0 Å². The molecule has 4 heteroatoms. The van der Waals surface area contributed by atoms with Gasteiger partial charge in [-0.25, -0.2) is 0 Å². The first kappa shape index (κ1) is 21.7. The maximum Gasteiger partial charge on any atom is 0.115 e. The third kappa shape index (κ3) is 4.92. The van der Waals surface area contributed by atoms with Gasteiger partial charge in [-0.1, -0.05) is 32.6 Å². The van der Waals surface area contributed by atoms with E-state index >= 15 is 0 Å². The van der Waals surface area contributed by atoms with Crippen LogP contribution in [0.15, 0.2) is 0 Å². The van der Waals surface area contributed by atoms with Gasteiger partial charge in [0.2, 0.25) is 0 Å². The van der Waals surface area contributed by atoms with E-state index in [1.165, 1.54) is 103 Å². The van der Waals surface area contributed by atoms with Crippen molar-refractivity contribution in [3.05, 3.63) is 0 Å². The first-order chi connectivity index (χ1) is 14.7. The van der Waals surface area contributed by atoms with Crippen LogP contribution in [0.2, 0.25) is 0 Å². The van der Waals surface area contributed by atoms with Gasteiger partial charge in [0.25, 0.3) is 0 Å². The van der Waals surface area contributed by atoms with Gasteiger partial charge >= 0.3 is 0 Å². The van der Waals surface area contributed by atoms with E-state index < -0.39 is 0 Å². The largest absolute Gasteiger partial charge is 0.303 e. The smallest absolute Gasteiger partial charge is 0.115 e. The minimum absolute atomic E-state index is 0.450. The molecule has 7 atom stereocenters. The minimum Gasteiger partial charge on any atom is -0.303 e. The van der Waals surface area contributed by atoms with Crippen molar-refractivity contribution in [3.63, 3.8) is 0 Å². The Labute approximate surface area is 185 Å². The van der Waals surface area contributed by atoms with Crippen LogP contribution < -0.4 is 10.6 Å². The molecule has 0 radical (unpaired) electrons. The van der Waals surface area contributed by atoms with Crippen molar-refractivity contribution in [3.8, 4) is 0 Å². The second-order valence-corrected chi connectivity index (χ2v) is 11.9. The Hall–Kier alpha value is -0.160. The molecule has 0 spiro atoms. The van der Waals surface area contributed by atoms with Gasteiger partial charge in [0.15, 0.2) is 0 Å². The molecule has 172 valence electrons.